The molecule has 0 N–H and O–H groups in total. The van der Waals surface area contributed by atoms with Crippen molar-refractivity contribution in [1.82, 2.24) is 4.90 Å². The third-order valence-corrected chi connectivity index (χ3v) is 6.89. The Kier molecular flexibility index (Phi) is 6.42. The summed E-state index contributed by atoms with van der Waals surface area (Å²) in [4.78, 5) is 6.27. The lowest BCUT2D eigenvalue weighted by Crippen LogP contribution is -2.37. The highest BCUT2D eigenvalue weighted by Crippen LogP contribution is 2.31. The van der Waals surface area contributed by atoms with E-state index in [1.165, 1.54) is 4.88 Å². The van der Waals surface area contributed by atoms with Gasteiger partial charge >= 0.3 is 0 Å². The average molecular weight is 442 g/mol. The summed E-state index contributed by atoms with van der Waals surface area (Å²) in [7, 11) is 0. The van der Waals surface area contributed by atoms with E-state index in [0.717, 1.165) is 42.3 Å². The van der Waals surface area contributed by atoms with Crippen molar-refractivity contribution >= 4 is 40.2 Å². The second-order valence-electron chi connectivity index (χ2n) is 7.25. The summed E-state index contributed by atoms with van der Waals surface area (Å²) >= 11 is 14.6. The first-order valence-electron chi connectivity index (χ1n) is 9.58. The molecule has 0 amide bonds. The highest BCUT2D eigenvalue weighted by atomic mass is 35.5. The largest absolute Gasteiger partial charge is 0.363 e. The van der Waals surface area contributed by atoms with E-state index in [1.807, 2.05) is 30.3 Å². The summed E-state index contributed by atoms with van der Waals surface area (Å²) in [5.41, 5.74) is 2.61. The minimum atomic E-state index is 0.357. The Morgan fingerprint density at radius 2 is 1.97 bits per heavy atom. The van der Waals surface area contributed by atoms with Crippen molar-refractivity contribution in [3.8, 4) is 6.07 Å². The van der Waals surface area contributed by atoms with Crippen LogP contribution in [0.4, 0.5) is 5.69 Å². The Hall–Kier alpha value is -2.03. The molecular weight excluding hydrogens is 421 g/mol. The van der Waals surface area contributed by atoms with Gasteiger partial charge in [-0.05, 0) is 47.7 Å². The molecule has 0 radical (unpaired) electrons. The fourth-order valence-corrected chi connectivity index (χ4v) is 5.01. The molecule has 0 aliphatic carbocycles. The predicted octanol–water partition coefficient (Wildman–Crippen LogP) is 6.21. The van der Waals surface area contributed by atoms with Gasteiger partial charge in [-0.15, -0.1) is 11.3 Å². The number of anilines is 1. The van der Waals surface area contributed by atoms with Crippen LogP contribution in [0.15, 0.2) is 60.0 Å². The van der Waals surface area contributed by atoms with Gasteiger partial charge in [0, 0.05) is 47.8 Å². The predicted molar refractivity (Wildman–Crippen MR) is 122 cm³/mol. The molecule has 4 rings (SSSR count). The van der Waals surface area contributed by atoms with Crippen LogP contribution in [-0.2, 0) is 13.1 Å². The molecule has 2 aromatic carbocycles. The molecule has 0 bridgehead atoms. The fourth-order valence-electron chi connectivity index (χ4n) is 3.85. The molecular formula is C23H21Cl2N3S. The second-order valence-corrected chi connectivity index (χ2v) is 9.10. The molecule has 3 aromatic rings. The van der Waals surface area contributed by atoms with Crippen LogP contribution in [-0.4, -0.2) is 24.0 Å². The Balaban J connectivity index is 1.59. The summed E-state index contributed by atoms with van der Waals surface area (Å²) in [6.07, 6.45) is 1.08. The number of rotatable bonds is 6. The van der Waals surface area contributed by atoms with Gasteiger partial charge in [-0.2, -0.15) is 5.26 Å². The molecule has 1 fully saturated rings. The fraction of sp³-hybridized carbons (Fsp3) is 0.261. The third-order valence-electron chi connectivity index (χ3n) is 5.35. The van der Waals surface area contributed by atoms with Gasteiger partial charge in [0.15, 0.2) is 0 Å². The van der Waals surface area contributed by atoms with Gasteiger partial charge in [-0.3, -0.25) is 4.90 Å². The molecule has 3 nitrogen and oxygen atoms in total. The van der Waals surface area contributed by atoms with Gasteiger partial charge in [0.05, 0.1) is 10.6 Å². The van der Waals surface area contributed by atoms with Crippen LogP contribution in [0.1, 0.15) is 22.4 Å². The molecule has 2 heterocycles. The van der Waals surface area contributed by atoms with Crippen molar-refractivity contribution in [2.75, 3.05) is 18.0 Å². The SMILES string of the molecule is N#Cc1ccc(N(Cc2ccccc2Cl)[C@H]2CCN(Cc3cccs3)C2)cc1Cl. The number of likely N-dealkylation sites (tertiary alicyclic amines) is 1. The summed E-state index contributed by atoms with van der Waals surface area (Å²) in [5.74, 6) is 0. The van der Waals surface area contributed by atoms with Crippen LogP contribution in [0.2, 0.25) is 10.0 Å². The third kappa shape index (κ3) is 4.76. The first-order valence-corrected chi connectivity index (χ1v) is 11.2. The van der Waals surface area contributed by atoms with E-state index in [4.69, 9.17) is 23.2 Å². The maximum Gasteiger partial charge on any atom is 0.101 e. The summed E-state index contributed by atoms with van der Waals surface area (Å²) in [6.45, 7) is 3.74. The van der Waals surface area contributed by atoms with Gasteiger partial charge < -0.3 is 4.90 Å². The molecule has 1 aromatic heterocycles. The van der Waals surface area contributed by atoms with Gasteiger partial charge in [0.2, 0.25) is 0 Å². The molecule has 1 atom stereocenters. The van der Waals surface area contributed by atoms with Crippen LogP contribution >= 0.6 is 34.5 Å². The first-order chi connectivity index (χ1) is 14.1. The smallest absolute Gasteiger partial charge is 0.101 e. The van der Waals surface area contributed by atoms with Crippen molar-refractivity contribution < 1.29 is 0 Å². The zero-order valence-electron chi connectivity index (χ0n) is 15.9. The van der Waals surface area contributed by atoms with E-state index in [1.54, 1.807) is 17.4 Å². The molecule has 0 saturated carbocycles. The zero-order valence-corrected chi connectivity index (χ0v) is 18.2. The maximum absolute atomic E-state index is 9.22. The highest BCUT2D eigenvalue weighted by Gasteiger charge is 2.29. The normalized spacial score (nSPS) is 16.7. The molecule has 29 heavy (non-hydrogen) atoms. The summed E-state index contributed by atoms with van der Waals surface area (Å²) in [5, 5.41) is 12.6. The molecule has 1 aliphatic heterocycles. The van der Waals surface area contributed by atoms with Gasteiger partial charge in [0.25, 0.3) is 0 Å². The Morgan fingerprint density at radius 3 is 2.69 bits per heavy atom. The highest BCUT2D eigenvalue weighted by molar-refractivity contribution is 7.09. The monoisotopic (exact) mass is 441 g/mol. The van der Waals surface area contributed by atoms with Crippen LogP contribution in [0.25, 0.3) is 0 Å². The van der Waals surface area contributed by atoms with E-state index in [2.05, 4.69) is 39.4 Å². The Bertz CT molecular complexity index is 1010. The zero-order chi connectivity index (χ0) is 20.2. The molecule has 148 valence electrons. The molecule has 0 unspecified atom stereocenters. The van der Waals surface area contributed by atoms with Crippen molar-refractivity contribution in [3.05, 3.63) is 86.0 Å². The van der Waals surface area contributed by atoms with Gasteiger partial charge in [-0.25, -0.2) is 0 Å². The van der Waals surface area contributed by atoms with Crippen molar-refractivity contribution in [3.63, 3.8) is 0 Å². The minimum Gasteiger partial charge on any atom is -0.363 e. The van der Waals surface area contributed by atoms with Gasteiger partial charge in [-0.1, -0.05) is 47.5 Å². The van der Waals surface area contributed by atoms with E-state index in [-0.39, 0.29) is 0 Å². The van der Waals surface area contributed by atoms with Crippen LogP contribution in [0.3, 0.4) is 0 Å². The lowest BCUT2D eigenvalue weighted by Gasteiger charge is -2.32. The number of nitrogens with zero attached hydrogens (tertiary/aromatic N) is 3. The van der Waals surface area contributed by atoms with Gasteiger partial charge in [0.1, 0.15) is 6.07 Å². The lowest BCUT2D eigenvalue weighted by atomic mass is 10.1. The Labute approximate surface area is 185 Å². The quantitative estimate of drug-likeness (QED) is 0.455. The second kappa shape index (κ2) is 9.19. The molecule has 1 saturated heterocycles. The minimum absolute atomic E-state index is 0.357. The van der Waals surface area contributed by atoms with Crippen LogP contribution < -0.4 is 4.90 Å². The maximum atomic E-state index is 9.22. The van der Waals surface area contributed by atoms with E-state index in [9.17, 15) is 5.26 Å². The summed E-state index contributed by atoms with van der Waals surface area (Å²) in [6, 6.07) is 20.5. The molecule has 1 aliphatic rings. The topological polar surface area (TPSA) is 30.3 Å². The van der Waals surface area contributed by atoms with Crippen molar-refractivity contribution in [1.29, 1.82) is 5.26 Å². The average Bonchev–Trinajstić information content (AvgIpc) is 3.40. The van der Waals surface area contributed by atoms with E-state index < -0.39 is 0 Å². The number of halogens is 2. The lowest BCUT2D eigenvalue weighted by molar-refractivity contribution is 0.327. The number of nitriles is 1. The number of benzene rings is 2. The van der Waals surface area contributed by atoms with E-state index >= 15 is 0 Å². The summed E-state index contributed by atoms with van der Waals surface area (Å²) < 4.78 is 0. The van der Waals surface area contributed by atoms with E-state index in [0.29, 0.717) is 23.2 Å². The first kappa shape index (κ1) is 20.3. The van der Waals surface area contributed by atoms with Crippen molar-refractivity contribution in [2.45, 2.75) is 25.6 Å². The number of hydrogen-bond donors (Lipinski definition) is 0. The number of thiophene rings is 1. The standard InChI is InChI=1S/C23H21Cl2N3S/c24-22-6-2-1-4-18(22)14-28(19-8-7-17(13-26)23(25)12-19)20-9-10-27(15-20)16-21-5-3-11-29-21/h1-8,11-12,20H,9-10,14-16H2/t20-/m0/s1. The number of hydrogen-bond acceptors (Lipinski definition) is 4. The van der Waals surface area contributed by atoms with Crippen molar-refractivity contribution in [2.24, 2.45) is 0 Å². The van der Waals surface area contributed by atoms with Crippen LogP contribution in [0, 0.1) is 11.3 Å². The molecule has 0 spiro atoms. The van der Waals surface area contributed by atoms with Crippen LogP contribution in [0.5, 0.6) is 0 Å². The Morgan fingerprint density at radius 1 is 1.10 bits per heavy atom. The molecule has 6 heteroatoms.